The molecule has 0 saturated heterocycles. The largest absolute Gasteiger partial charge is 0.460 e. The number of rotatable bonds is 16. The third-order valence-electron chi connectivity index (χ3n) is 6.35. The van der Waals surface area contributed by atoms with Crippen LogP contribution >= 0.6 is 11.8 Å². The van der Waals surface area contributed by atoms with Crippen molar-refractivity contribution in [1.82, 2.24) is 4.98 Å². The molecule has 0 N–H and O–H groups in total. The van der Waals surface area contributed by atoms with Crippen molar-refractivity contribution >= 4 is 39.3 Å². The molecule has 0 bridgehead atoms. The molecule has 0 aliphatic rings. The number of aryl methyl sites for hydroxylation is 1. The van der Waals surface area contributed by atoms with Crippen LogP contribution in [0.3, 0.4) is 0 Å². The van der Waals surface area contributed by atoms with Crippen LogP contribution in [0.1, 0.15) is 50.7 Å². The van der Waals surface area contributed by atoms with Gasteiger partial charge in [0.2, 0.25) is 0 Å². The van der Waals surface area contributed by atoms with Crippen molar-refractivity contribution in [3.8, 4) is 28.5 Å². The standard InChI is InChI=1S/C32H38N2O4S3/c1-4-6-17-40(36)22-27(23-41(37)18-7-5-2)38-31(35)21-39-32-29(20-33)28(25-11-9-8-10-12-25)19-30(34-32)26-15-13-24(3)14-16-26/h8-16,19,27H,4-7,17-18,21-23H2,1-3H3. The highest BCUT2D eigenvalue weighted by Gasteiger charge is 2.22. The Morgan fingerprint density at radius 3 is 2.12 bits per heavy atom. The molecule has 218 valence electrons. The maximum Gasteiger partial charge on any atom is 0.316 e. The van der Waals surface area contributed by atoms with Gasteiger partial charge in [0.05, 0.1) is 28.5 Å². The Bertz CT molecular complexity index is 1350. The highest BCUT2D eigenvalue weighted by Crippen LogP contribution is 2.34. The van der Waals surface area contributed by atoms with Crippen molar-refractivity contribution in [3.05, 3.63) is 71.8 Å². The molecule has 41 heavy (non-hydrogen) atoms. The van der Waals surface area contributed by atoms with Crippen molar-refractivity contribution < 1.29 is 17.9 Å². The molecule has 0 saturated carbocycles. The summed E-state index contributed by atoms with van der Waals surface area (Å²) in [6, 6.07) is 21.8. The molecule has 2 atom stereocenters. The second kappa shape index (κ2) is 17.2. The quantitative estimate of drug-likeness (QED) is 0.132. The van der Waals surface area contributed by atoms with Gasteiger partial charge in [0, 0.05) is 44.2 Å². The zero-order valence-corrected chi connectivity index (χ0v) is 26.4. The molecule has 6 nitrogen and oxygen atoms in total. The van der Waals surface area contributed by atoms with Crippen molar-refractivity contribution in [3.63, 3.8) is 0 Å². The van der Waals surface area contributed by atoms with Gasteiger partial charge >= 0.3 is 5.97 Å². The molecular weight excluding hydrogens is 573 g/mol. The first-order chi connectivity index (χ1) is 19.8. The van der Waals surface area contributed by atoms with Gasteiger partial charge in [0.1, 0.15) is 17.2 Å². The first-order valence-electron chi connectivity index (χ1n) is 13.9. The molecule has 9 heteroatoms. The number of carbonyl (C=O) groups is 1. The fourth-order valence-electron chi connectivity index (χ4n) is 4.11. The summed E-state index contributed by atoms with van der Waals surface area (Å²) in [5.41, 5.74) is 4.75. The van der Waals surface area contributed by atoms with E-state index in [0.29, 0.717) is 27.8 Å². The van der Waals surface area contributed by atoms with Gasteiger partial charge in [0.15, 0.2) is 0 Å². The number of unbranched alkanes of at least 4 members (excludes halogenated alkanes) is 2. The summed E-state index contributed by atoms with van der Waals surface area (Å²) in [4.78, 5) is 17.8. The first-order valence-corrected chi connectivity index (χ1v) is 17.9. The van der Waals surface area contributed by atoms with E-state index >= 15 is 0 Å². The van der Waals surface area contributed by atoms with E-state index in [1.807, 2.05) is 81.4 Å². The van der Waals surface area contributed by atoms with Crippen LogP contribution in [0.15, 0.2) is 65.7 Å². The number of aromatic nitrogens is 1. The SMILES string of the molecule is CCCCS(=O)CC(CS(=O)CCCC)OC(=O)CSc1nc(-c2ccc(C)cc2)cc(-c2ccccc2)c1C#N. The van der Waals surface area contributed by atoms with E-state index in [-0.39, 0.29) is 17.3 Å². The summed E-state index contributed by atoms with van der Waals surface area (Å²) in [5, 5.41) is 10.6. The maximum absolute atomic E-state index is 13.0. The molecule has 0 aliphatic carbocycles. The Labute approximate surface area is 253 Å². The van der Waals surface area contributed by atoms with Crippen LogP contribution in [0.25, 0.3) is 22.4 Å². The second-order valence-electron chi connectivity index (χ2n) is 9.81. The number of nitriles is 1. The number of thioether (sulfide) groups is 1. The first kappa shape index (κ1) is 32.7. The van der Waals surface area contributed by atoms with Gasteiger partial charge in [-0.05, 0) is 31.4 Å². The van der Waals surface area contributed by atoms with E-state index in [2.05, 4.69) is 6.07 Å². The summed E-state index contributed by atoms with van der Waals surface area (Å²) < 4.78 is 30.9. The Morgan fingerprint density at radius 2 is 1.56 bits per heavy atom. The van der Waals surface area contributed by atoms with Crippen LogP contribution in [-0.4, -0.2) is 54.2 Å². The molecule has 0 aliphatic heterocycles. The molecule has 1 aromatic heterocycles. The number of carbonyl (C=O) groups excluding carboxylic acids is 1. The lowest BCUT2D eigenvalue weighted by Gasteiger charge is -2.18. The third-order valence-corrected chi connectivity index (χ3v) is 10.3. The van der Waals surface area contributed by atoms with Crippen molar-refractivity contribution in [2.75, 3.05) is 28.8 Å². The number of hydrogen-bond donors (Lipinski definition) is 0. The highest BCUT2D eigenvalue weighted by atomic mass is 32.2. The lowest BCUT2D eigenvalue weighted by atomic mass is 9.99. The number of ether oxygens (including phenoxy) is 1. The van der Waals surface area contributed by atoms with Crippen molar-refractivity contribution in [2.45, 2.75) is 57.6 Å². The smallest absolute Gasteiger partial charge is 0.316 e. The van der Waals surface area contributed by atoms with E-state index in [4.69, 9.17) is 9.72 Å². The van der Waals surface area contributed by atoms with E-state index in [1.54, 1.807) is 0 Å². The number of pyridine rings is 1. The molecule has 2 unspecified atom stereocenters. The average molecular weight is 611 g/mol. The zero-order valence-electron chi connectivity index (χ0n) is 24.0. The third kappa shape index (κ3) is 10.5. The normalized spacial score (nSPS) is 13.2. The molecule has 1 heterocycles. The lowest BCUT2D eigenvalue weighted by molar-refractivity contribution is -0.143. The Kier molecular flexibility index (Phi) is 13.7. The number of nitrogens with zero attached hydrogens (tertiary/aromatic N) is 2. The van der Waals surface area contributed by atoms with Gasteiger partial charge in [-0.1, -0.05) is 98.6 Å². The topological polar surface area (TPSA) is 97.1 Å². The molecule has 0 spiro atoms. The molecule has 3 rings (SSSR count). The van der Waals surface area contributed by atoms with Crippen LogP contribution in [0.2, 0.25) is 0 Å². The van der Waals surface area contributed by atoms with Crippen LogP contribution in [0, 0.1) is 18.3 Å². The van der Waals surface area contributed by atoms with Gasteiger partial charge in [-0.3, -0.25) is 13.2 Å². The minimum absolute atomic E-state index is 0.0764. The van der Waals surface area contributed by atoms with E-state index in [9.17, 15) is 18.5 Å². The number of benzene rings is 2. The molecule has 3 aromatic rings. The van der Waals surface area contributed by atoms with Crippen molar-refractivity contribution in [2.24, 2.45) is 0 Å². The van der Waals surface area contributed by atoms with Gasteiger partial charge in [-0.25, -0.2) is 4.98 Å². The minimum Gasteiger partial charge on any atom is -0.460 e. The van der Waals surface area contributed by atoms with Gasteiger partial charge < -0.3 is 4.74 Å². The highest BCUT2D eigenvalue weighted by molar-refractivity contribution is 8.00. The van der Waals surface area contributed by atoms with Crippen LogP contribution < -0.4 is 0 Å². The fraction of sp³-hybridized carbons (Fsp3) is 0.406. The molecule has 0 radical (unpaired) electrons. The summed E-state index contributed by atoms with van der Waals surface area (Å²) >= 11 is 1.15. The van der Waals surface area contributed by atoms with E-state index < -0.39 is 33.7 Å². The van der Waals surface area contributed by atoms with Gasteiger partial charge in [0.25, 0.3) is 0 Å². The van der Waals surface area contributed by atoms with Crippen LogP contribution in [0.4, 0.5) is 0 Å². The number of esters is 1. The van der Waals surface area contributed by atoms with Gasteiger partial charge in [-0.15, -0.1) is 0 Å². The Morgan fingerprint density at radius 1 is 0.951 bits per heavy atom. The van der Waals surface area contributed by atoms with Crippen molar-refractivity contribution in [1.29, 1.82) is 5.26 Å². The second-order valence-corrected chi connectivity index (χ2v) is 14.0. The fourth-order valence-corrected chi connectivity index (χ4v) is 7.80. The van der Waals surface area contributed by atoms with Gasteiger partial charge in [-0.2, -0.15) is 5.26 Å². The molecule has 0 fully saturated rings. The molecule has 2 aromatic carbocycles. The minimum atomic E-state index is -1.16. The molecule has 0 amide bonds. The molecular formula is C32H38N2O4S3. The Balaban J connectivity index is 1.84. The van der Waals surface area contributed by atoms with Crippen LogP contribution in [-0.2, 0) is 31.1 Å². The maximum atomic E-state index is 13.0. The summed E-state index contributed by atoms with van der Waals surface area (Å²) in [6.45, 7) is 6.09. The van der Waals surface area contributed by atoms with E-state index in [0.717, 1.165) is 59.7 Å². The average Bonchev–Trinajstić information content (AvgIpc) is 2.98. The lowest BCUT2D eigenvalue weighted by Crippen LogP contribution is -2.32. The predicted molar refractivity (Wildman–Crippen MR) is 171 cm³/mol. The van der Waals surface area contributed by atoms with E-state index in [1.165, 1.54) is 0 Å². The summed E-state index contributed by atoms with van der Waals surface area (Å²) in [5.74, 6) is 0.836. The number of hydrogen-bond acceptors (Lipinski definition) is 7. The predicted octanol–water partition coefficient (Wildman–Crippen LogP) is 6.70. The van der Waals surface area contributed by atoms with Crippen LogP contribution in [0.5, 0.6) is 0 Å². The summed E-state index contributed by atoms with van der Waals surface area (Å²) in [6.07, 6.45) is 2.82. The Hall–Kier alpha value is -2.80. The summed E-state index contributed by atoms with van der Waals surface area (Å²) in [7, 11) is -2.32. The monoisotopic (exact) mass is 610 g/mol. The zero-order chi connectivity index (χ0) is 29.6.